The van der Waals surface area contributed by atoms with Crippen LogP contribution in [0, 0.1) is 13.8 Å². The van der Waals surface area contributed by atoms with E-state index in [1.807, 2.05) is 26.0 Å². The molecular formula is C23H27N3O2S2. The quantitative estimate of drug-likeness (QED) is 0.277. The van der Waals surface area contributed by atoms with Gasteiger partial charge in [0.2, 0.25) is 5.91 Å². The molecule has 1 N–H and O–H groups in total. The number of thiophene rings is 1. The molecule has 0 radical (unpaired) electrons. The lowest BCUT2D eigenvalue weighted by atomic mass is 10.1. The second-order valence-corrected chi connectivity index (χ2v) is 9.35. The van der Waals surface area contributed by atoms with Gasteiger partial charge in [0, 0.05) is 17.1 Å². The van der Waals surface area contributed by atoms with Gasteiger partial charge in [0.1, 0.15) is 4.83 Å². The van der Waals surface area contributed by atoms with Gasteiger partial charge in [0.25, 0.3) is 5.56 Å². The van der Waals surface area contributed by atoms with Crippen LogP contribution in [0.3, 0.4) is 0 Å². The highest BCUT2D eigenvalue weighted by molar-refractivity contribution is 7.99. The molecule has 0 fully saturated rings. The van der Waals surface area contributed by atoms with Gasteiger partial charge in [0.05, 0.1) is 11.1 Å². The van der Waals surface area contributed by atoms with Gasteiger partial charge in [-0.1, -0.05) is 43.3 Å². The Labute approximate surface area is 185 Å². The predicted molar refractivity (Wildman–Crippen MR) is 128 cm³/mol. The SMILES string of the molecule is C=CCn1c(SCC(=O)Nc2ccc(CCCC)cc2)nc2sc(C)c(C)c2c1=O. The number of aryl methyl sites for hydroxylation is 3. The van der Waals surface area contributed by atoms with Gasteiger partial charge in [-0.3, -0.25) is 14.2 Å². The number of nitrogens with one attached hydrogen (secondary N) is 1. The molecule has 7 heteroatoms. The molecule has 5 nitrogen and oxygen atoms in total. The number of hydrogen-bond acceptors (Lipinski definition) is 5. The van der Waals surface area contributed by atoms with Crippen molar-refractivity contribution in [1.29, 1.82) is 0 Å². The summed E-state index contributed by atoms with van der Waals surface area (Å²) >= 11 is 2.78. The highest BCUT2D eigenvalue weighted by Gasteiger charge is 2.17. The van der Waals surface area contributed by atoms with Crippen LogP contribution in [-0.4, -0.2) is 21.2 Å². The van der Waals surface area contributed by atoms with Crippen molar-refractivity contribution in [1.82, 2.24) is 9.55 Å². The van der Waals surface area contributed by atoms with Crippen LogP contribution in [0.5, 0.6) is 0 Å². The molecule has 2 aromatic heterocycles. The van der Waals surface area contributed by atoms with Crippen molar-refractivity contribution in [2.45, 2.75) is 51.7 Å². The van der Waals surface area contributed by atoms with Gasteiger partial charge in [-0.15, -0.1) is 17.9 Å². The lowest BCUT2D eigenvalue weighted by molar-refractivity contribution is -0.113. The molecule has 0 bridgehead atoms. The van der Waals surface area contributed by atoms with Crippen molar-refractivity contribution < 1.29 is 4.79 Å². The second kappa shape index (κ2) is 10.1. The standard InChI is InChI=1S/C23H27N3O2S2/c1-5-7-8-17-9-11-18(12-10-17)24-19(27)14-29-23-25-21-20(15(3)16(4)30-21)22(28)26(23)13-6-2/h6,9-12H,2,5,7-8,13-14H2,1,3-4H3,(H,24,27). The van der Waals surface area contributed by atoms with Gasteiger partial charge in [-0.25, -0.2) is 4.98 Å². The summed E-state index contributed by atoms with van der Waals surface area (Å²) < 4.78 is 1.59. The number of carbonyl (C=O) groups is 1. The Hall–Kier alpha value is -2.38. The van der Waals surface area contributed by atoms with Crippen molar-refractivity contribution in [3.05, 3.63) is 63.3 Å². The molecule has 158 valence electrons. The number of amides is 1. The third-order valence-corrected chi connectivity index (χ3v) is 7.03. The number of fused-ring (bicyclic) bond motifs is 1. The van der Waals surface area contributed by atoms with Crippen LogP contribution >= 0.6 is 23.1 Å². The smallest absolute Gasteiger partial charge is 0.263 e. The average Bonchev–Trinajstić information content (AvgIpc) is 3.02. The number of carbonyl (C=O) groups excluding carboxylic acids is 1. The molecule has 3 aromatic rings. The third kappa shape index (κ3) is 5.02. The lowest BCUT2D eigenvalue weighted by Gasteiger charge is -2.11. The van der Waals surface area contributed by atoms with Crippen LogP contribution in [0.25, 0.3) is 10.2 Å². The Balaban J connectivity index is 1.73. The van der Waals surface area contributed by atoms with Crippen molar-refractivity contribution in [3.8, 4) is 0 Å². The molecule has 0 saturated heterocycles. The number of thioether (sulfide) groups is 1. The fourth-order valence-electron chi connectivity index (χ4n) is 3.17. The maximum atomic E-state index is 13.0. The minimum atomic E-state index is -0.126. The number of nitrogens with zero attached hydrogens (tertiary/aromatic N) is 2. The summed E-state index contributed by atoms with van der Waals surface area (Å²) in [6, 6.07) is 7.97. The normalized spacial score (nSPS) is 11.0. The summed E-state index contributed by atoms with van der Waals surface area (Å²) in [7, 11) is 0. The van der Waals surface area contributed by atoms with Gasteiger partial charge in [-0.2, -0.15) is 0 Å². The molecular weight excluding hydrogens is 414 g/mol. The summed E-state index contributed by atoms with van der Waals surface area (Å²) in [5.74, 6) is 0.0510. The molecule has 1 aromatic carbocycles. The monoisotopic (exact) mass is 441 g/mol. The first-order chi connectivity index (χ1) is 14.4. The van der Waals surface area contributed by atoms with Crippen molar-refractivity contribution >= 4 is 44.9 Å². The molecule has 0 saturated carbocycles. The maximum Gasteiger partial charge on any atom is 0.263 e. The molecule has 0 unspecified atom stereocenters. The van der Waals surface area contributed by atoms with Crippen LogP contribution in [0.2, 0.25) is 0 Å². The highest BCUT2D eigenvalue weighted by Crippen LogP contribution is 2.28. The molecule has 0 spiro atoms. The van der Waals surface area contributed by atoms with E-state index in [9.17, 15) is 9.59 Å². The molecule has 2 heterocycles. The van der Waals surface area contributed by atoms with Gasteiger partial charge in [0.15, 0.2) is 5.16 Å². The summed E-state index contributed by atoms with van der Waals surface area (Å²) in [6.07, 6.45) is 5.05. The number of hydrogen-bond donors (Lipinski definition) is 1. The Bertz CT molecular complexity index is 1110. The summed E-state index contributed by atoms with van der Waals surface area (Å²) in [5.41, 5.74) is 2.95. The van der Waals surface area contributed by atoms with E-state index in [1.165, 1.54) is 28.7 Å². The van der Waals surface area contributed by atoms with E-state index in [-0.39, 0.29) is 17.2 Å². The van der Waals surface area contributed by atoms with Crippen LogP contribution < -0.4 is 10.9 Å². The van der Waals surface area contributed by atoms with E-state index in [1.54, 1.807) is 10.6 Å². The highest BCUT2D eigenvalue weighted by atomic mass is 32.2. The first-order valence-electron chi connectivity index (χ1n) is 10.1. The maximum absolute atomic E-state index is 13.0. The van der Waals surface area contributed by atoms with Gasteiger partial charge < -0.3 is 5.32 Å². The molecule has 3 rings (SSSR count). The van der Waals surface area contributed by atoms with Crippen LogP contribution in [0.15, 0.2) is 46.9 Å². The van der Waals surface area contributed by atoms with Crippen LogP contribution in [0.4, 0.5) is 5.69 Å². The molecule has 0 aliphatic heterocycles. The summed E-state index contributed by atoms with van der Waals surface area (Å²) in [6.45, 7) is 10.2. The van der Waals surface area contributed by atoms with Crippen molar-refractivity contribution in [2.24, 2.45) is 0 Å². The van der Waals surface area contributed by atoms with Crippen molar-refractivity contribution in [3.63, 3.8) is 0 Å². The first-order valence-corrected chi connectivity index (χ1v) is 11.9. The van der Waals surface area contributed by atoms with E-state index < -0.39 is 0 Å². The van der Waals surface area contributed by atoms with E-state index in [0.717, 1.165) is 40.2 Å². The van der Waals surface area contributed by atoms with Crippen LogP contribution in [0.1, 0.15) is 35.8 Å². The van der Waals surface area contributed by atoms with Crippen LogP contribution in [-0.2, 0) is 17.8 Å². The number of rotatable bonds is 9. The van der Waals surface area contributed by atoms with Crippen molar-refractivity contribution in [2.75, 3.05) is 11.1 Å². The average molecular weight is 442 g/mol. The predicted octanol–water partition coefficient (Wildman–Crippen LogP) is 5.33. The van der Waals surface area contributed by atoms with E-state index in [4.69, 9.17) is 0 Å². The zero-order valence-electron chi connectivity index (χ0n) is 17.7. The topological polar surface area (TPSA) is 64.0 Å². The summed E-state index contributed by atoms with van der Waals surface area (Å²) in [5, 5.41) is 4.12. The Morgan fingerprint density at radius 2 is 2.03 bits per heavy atom. The minimum absolute atomic E-state index is 0.0765. The van der Waals surface area contributed by atoms with E-state index >= 15 is 0 Å². The number of allylic oxidation sites excluding steroid dienone is 1. The molecule has 0 atom stereocenters. The third-order valence-electron chi connectivity index (χ3n) is 4.95. The fraction of sp³-hybridized carbons (Fsp3) is 0.348. The molecule has 0 aliphatic carbocycles. The largest absolute Gasteiger partial charge is 0.325 e. The van der Waals surface area contributed by atoms with E-state index in [0.29, 0.717) is 17.1 Å². The Kier molecular flexibility index (Phi) is 7.50. The molecule has 30 heavy (non-hydrogen) atoms. The number of unbranched alkanes of at least 4 members (excludes halogenated alkanes) is 1. The Morgan fingerprint density at radius 1 is 1.30 bits per heavy atom. The number of anilines is 1. The lowest BCUT2D eigenvalue weighted by Crippen LogP contribution is -2.23. The number of aromatic nitrogens is 2. The molecule has 0 aliphatic rings. The minimum Gasteiger partial charge on any atom is -0.325 e. The first kappa shape index (κ1) is 22.3. The fourth-order valence-corrected chi connectivity index (χ4v) is 5.05. The zero-order chi connectivity index (χ0) is 21.7. The second-order valence-electron chi connectivity index (χ2n) is 7.20. The zero-order valence-corrected chi connectivity index (χ0v) is 19.3. The van der Waals surface area contributed by atoms with Gasteiger partial charge >= 0.3 is 0 Å². The van der Waals surface area contributed by atoms with Gasteiger partial charge in [-0.05, 0) is 49.9 Å². The summed E-state index contributed by atoms with van der Waals surface area (Å²) in [4.78, 5) is 31.9. The van der Waals surface area contributed by atoms with E-state index in [2.05, 4.69) is 35.9 Å². The Morgan fingerprint density at radius 3 is 2.70 bits per heavy atom. The number of benzene rings is 1. The molecule has 1 amide bonds.